The molecular weight excluding hydrogens is 643 g/mol. The molecule has 4 aliphatic heterocycles. The van der Waals surface area contributed by atoms with Gasteiger partial charge < -0.3 is 38.5 Å². The molecule has 3 atom stereocenters. The molecular formula is C36H39BN4O9. The molecule has 0 saturated carbocycles. The first-order valence-electron chi connectivity index (χ1n) is 16.3. The Balaban J connectivity index is 1.17. The van der Waals surface area contributed by atoms with Crippen LogP contribution < -0.4 is 23.8 Å². The average molecular weight is 683 g/mol. The summed E-state index contributed by atoms with van der Waals surface area (Å²) in [5, 5.41) is 11.4. The number of anilines is 1. The molecule has 0 radical (unpaired) electrons. The molecule has 0 bridgehead atoms. The number of benzene rings is 2. The van der Waals surface area contributed by atoms with Gasteiger partial charge in [-0.3, -0.25) is 14.6 Å². The van der Waals surface area contributed by atoms with Gasteiger partial charge in [0, 0.05) is 37.2 Å². The smallest absolute Gasteiger partial charge is 0.398 e. The van der Waals surface area contributed by atoms with E-state index >= 15 is 0 Å². The maximum absolute atomic E-state index is 13.8. The molecule has 0 spiro atoms. The van der Waals surface area contributed by atoms with Crippen LogP contribution in [0.2, 0.25) is 0 Å². The number of hydrogen-bond acceptors (Lipinski definition) is 10. The minimum Gasteiger partial charge on any atom is -0.527 e. The summed E-state index contributed by atoms with van der Waals surface area (Å²) < 4.78 is 28.3. The van der Waals surface area contributed by atoms with Crippen molar-refractivity contribution in [3.8, 4) is 23.0 Å². The maximum atomic E-state index is 13.8. The Morgan fingerprint density at radius 3 is 2.12 bits per heavy atom. The van der Waals surface area contributed by atoms with Crippen molar-refractivity contribution in [2.24, 2.45) is 4.99 Å². The lowest BCUT2D eigenvalue weighted by molar-refractivity contribution is 0.0578. The van der Waals surface area contributed by atoms with Gasteiger partial charge in [-0.05, 0) is 50.0 Å². The van der Waals surface area contributed by atoms with Crippen molar-refractivity contribution >= 4 is 43.5 Å². The summed E-state index contributed by atoms with van der Waals surface area (Å²) in [4.78, 5) is 49.0. The number of nitrogens with zero attached hydrogens (tertiary/aromatic N) is 4. The molecule has 2 aromatic rings. The van der Waals surface area contributed by atoms with E-state index in [1.807, 2.05) is 44.4 Å². The lowest BCUT2D eigenvalue weighted by atomic mass is 10.1. The maximum Gasteiger partial charge on any atom is 0.398 e. The molecule has 4 aliphatic rings. The molecule has 0 aromatic heterocycles. The normalized spacial score (nSPS) is 20.9. The highest BCUT2D eigenvalue weighted by Gasteiger charge is 2.45. The fourth-order valence-corrected chi connectivity index (χ4v) is 6.55. The first kappa shape index (κ1) is 34.4. The summed E-state index contributed by atoms with van der Waals surface area (Å²) in [7, 11) is 4.17. The van der Waals surface area contributed by atoms with Gasteiger partial charge >= 0.3 is 14.1 Å². The summed E-state index contributed by atoms with van der Waals surface area (Å²) in [6.45, 7) is 4.21. The van der Waals surface area contributed by atoms with E-state index in [9.17, 15) is 19.5 Å². The molecule has 0 fully saturated rings. The van der Waals surface area contributed by atoms with E-state index in [2.05, 4.69) is 4.99 Å². The quantitative estimate of drug-likeness (QED) is 0.285. The third kappa shape index (κ3) is 6.34. The first-order valence-corrected chi connectivity index (χ1v) is 16.3. The van der Waals surface area contributed by atoms with Gasteiger partial charge in [0.05, 0.1) is 62.0 Å². The highest BCUT2D eigenvalue weighted by atomic mass is 16.5. The van der Waals surface area contributed by atoms with Gasteiger partial charge in [-0.15, -0.1) is 0 Å². The SMILES string of the molecule is BOC(=O)N1c2cc(OCCCOc3cc4c(cc3OC)C(=O)N3C=C(/C=C/C)C[C@H]3C=N4)c(OC)cc2C(=O)N2C=C(/C=C/C)C[C@H]2[C@@H]1O. The Kier molecular flexibility index (Phi) is 10.0. The van der Waals surface area contributed by atoms with Crippen molar-refractivity contribution in [1.82, 2.24) is 9.80 Å². The van der Waals surface area contributed by atoms with E-state index in [1.54, 1.807) is 29.4 Å². The standard InChI is InChI=1S/C36H39BN4O9/c1-5-8-21-12-23-18-38-26-16-31(29(46-3)14-24(26)33(42)39(23)19-21)48-10-7-11-49-32-17-27-25(15-30(32)47-4)34(43)40-20-22(9-6-2)13-28(40)35(44)41(27)36(45)50-37/h5-6,8-9,14-20,23,28,35,44H,7,10-13,37H2,1-4H3/b8-5+,9-6+/t23-,28-,35-/m0/s1. The Morgan fingerprint density at radius 2 is 1.48 bits per heavy atom. The van der Waals surface area contributed by atoms with Crippen LogP contribution in [0.25, 0.3) is 0 Å². The summed E-state index contributed by atoms with van der Waals surface area (Å²) in [6, 6.07) is 5.47. The molecule has 260 valence electrons. The largest absolute Gasteiger partial charge is 0.527 e. The number of amides is 3. The van der Waals surface area contributed by atoms with Crippen LogP contribution in [0.3, 0.4) is 0 Å². The monoisotopic (exact) mass is 682 g/mol. The van der Waals surface area contributed by atoms with E-state index < -0.39 is 24.3 Å². The van der Waals surface area contributed by atoms with E-state index in [-0.39, 0.29) is 47.9 Å². The lowest BCUT2D eigenvalue weighted by Crippen LogP contribution is -2.50. The van der Waals surface area contributed by atoms with Crippen molar-refractivity contribution in [2.75, 3.05) is 32.3 Å². The van der Waals surface area contributed by atoms with Gasteiger partial charge in [-0.25, -0.2) is 9.69 Å². The van der Waals surface area contributed by atoms with Gasteiger partial charge in [0.15, 0.2) is 29.2 Å². The topological polar surface area (TPSA) is 140 Å². The van der Waals surface area contributed by atoms with Crippen molar-refractivity contribution in [3.05, 3.63) is 83.2 Å². The molecule has 14 heteroatoms. The molecule has 50 heavy (non-hydrogen) atoms. The predicted octanol–water partition coefficient (Wildman–Crippen LogP) is 4.44. The summed E-state index contributed by atoms with van der Waals surface area (Å²) >= 11 is 0. The van der Waals surface area contributed by atoms with Crippen LogP contribution in [0.1, 0.15) is 53.8 Å². The second-order valence-corrected chi connectivity index (χ2v) is 12.0. The van der Waals surface area contributed by atoms with Gasteiger partial charge in [0.1, 0.15) is 0 Å². The minimum absolute atomic E-state index is 0.135. The summed E-state index contributed by atoms with van der Waals surface area (Å²) in [5.41, 5.74) is 3.09. The van der Waals surface area contributed by atoms with Gasteiger partial charge in [-0.1, -0.05) is 24.3 Å². The highest BCUT2D eigenvalue weighted by Crippen LogP contribution is 2.42. The van der Waals surface area contributed by atoms with Crippen molar-refractivity contribution in [2.45, 2.75) is 51.4 Å². The molecule has 3 amide bonds. The molecule has 6 rings (SSSR count). The predicted molar refractivity (Wildman–Crippen MR) is 188 cm³/mol. The highest BCUT2D eigenvalue weighted by molar-refractivity contribution is 6.11. The van der Waals surface area contributed by atoms with Crippen LogP contribution in [-0.2, 0) is 4.65 Å². The van der Waals surface area contributed by atoms with E-state index in [4.69, 9.17) is 23.6 Å². The van der Waals surface area contributed by atoms with E-state index in [1.165, 1.54) is 39.3 Å². The summed E-state index contributed by atoms with van der Waals surface area (Å²) in [5.74, 6) is 0.801. The molecule has 2 aromatic carbocycles. The molecule has 1 N–H and O–H groups in total. The van der Waals surface area contributed by atoms with Crippen molar-refractivity contribution in [3.63, 3.8) is 0 Å². The second-order valence-electron chi connectivity index (χ2n) is 12.0. The van der Waals surface area contributed by atoms with Crippen LogP contribution in [0.5, 0.6) is 23.0 Å². The number of allylic oxidation sites excluding steroid dienone is 4. The van der Waals surface area contributed by atoms with Crippen molar-refractivity contribution < 1.29 is 43.1 Å². The zero-order valence-corrected chi connectivity index (χ0v) is 28.6. The van der Waals surface area contributed by atoms with Crippen LogP contribution in [0.4, 0.5) is 16.2 Å². The number of aliphatic imine (C=N–C) groups is 1. The number of hydrogen-bond donors (Lipinski definition) is 1. The number of methoxy groups -OCH3 is 2. The number of fused-ring (bicyclic) bond motifs is 4. The number of rotatable bonds is 10. The molecule has 0 aliphatic carbocycles. The Labute approximate surface area is 291 Å². The first-order chi connectivity index (χ1) is 24.2. The fourth-order valence-electron chi connectivity index (χ4n) is 6.55. The van der Waals surface area contributed by atoms with Gasteiger partial charge in [0.2, 0.25) is 0 Å². The number of aliphatic hydroxyl groups excluding tert-OH is 1. The van der Waals surface area contributed by atoms with Crippen LogP contribution in [0.15, 0.2) is 77.1 Å². The van der Waals surface area contributed by atoms with E-state index in [0.717, 1.165) is 16.0 Å². The second kappa shape index (κ2) is 14.5. The Hall–Kier alpha value is -5.50. The zero-order chi connectivity index (χ0) is 35.5. The Bertz CT molecular complexity index is 1850. The van der Waals surface area contributed by atoms with E-state index in [0.29, 0.717) is 42.0 Å². The number of aliphatic hydroxyl groups is 1. The number of carbonyl (C=O) groups is 3. The minimum atomic E-state index is -1.39. The van der Waals surface area contributed by atoms with Gasteiger partial charge in [0.25, 0.3) is 11.8 Å². The summed E-state index contributed by atoms with van der Waals surface area (Å²) in [6.07, 6.45) is 12.2. The Morgan fingerprint density at radius 1 is 0.880 bits per heavy atom. The lowest BCUT2D eigenvalue weighted by Gasteiger charge is -2.31. The zero-order valence-electron chi connectivity index (χ0n) is 28.6. The third-order valence-electron chi connectivity index (χ3n) is 8.90. The van der Waals surface area contributed by atoms with Crippen LogP contribution in [-0.4, -0.2) is 92.8 Å². The van der Waals surface area contributed by atoms with Crippen LogP contribution in [0, 0.1) is 0 Å². The molecule has 0 unspecified atom stereocenters. The fraction of sp³-hybridized carbons (Fsp3) is 0.333. The average Bonchev–Trinajstić information content (AvgIpc) is 3.69. The van der Waals surface area contributed by atoms with Crippen molar-refractivity contribution in [1.29, 1.82) is 0 Å². The van der Waals surface area contributed by atoms with Gasteiger partial charge in [-0.2, -0.15) is 0 Å². The number of ether oxygens (including phenoxy) is 4. The number of carbonyl (C=O) groups excluding carboxylic acids is 3. The third-order valence-corrected chi connectivity index (χ3v) is 8.90. The molecule has 4 heterocycles. The molecule has 13 nitrogen and oxygen atoms in total. The molecule has 0 saturated heterocycles. The van der Waals surface area contributed by atoms with Crippen LogP contribution >= 0.6 is 0 Å².